The van der Waals surface area contributed by atoms with E-state index in [4.69, 9.17) is 0 Å². The first-order chi connectivity index (χ1) is 9.49. The van der Waals surface area contributed by atoms with Crippen molar-refractivity contribution in [2.75, 3.05) is 32.6 Å². The highest BCUT2D eigenvalue weighted by Crippen LogP contribution is 2.16. The Balaban J connectivity index is 2.78. The first kappa shape index (κ1) is 16.6. The summed E-state index contributed by atoms with van der Waals surface area (Å²) < 4.78 is 5.92. The van der Waals surface area contributed by atoms with E-state index < -0.39 is 5.97 Å². The third kappa shape index (κ3) is 4.61. The number of anilines is 1. The van der Waals surface area contributed by atoms with E-state index in [1.807, 2.05) is 7.05 Å². The molecule has 0 aliphatic rings. The molecule has 0 aliphatic carbocycles. The number of halogens is 1. The lowest BCUT2D eigenvalue weighted by molar-refractivity contribution is -0.141. The number of nitrogens with zero attached hydrogens (tertiary/aromatic N) is 2. The number of nitrogens with one attached hydrogen (secondary N) is 2. The van der Waals surface area contributed by atoms with Crippen molar-refractivity contribution in [3.63, 3.8) is 0 Å². The predicted molar refractivity (Wildman–Crippen MR) is 79.8 cm³/mol. The van der Waals surface area contributed by atoms with Gasteiger partial charge in [0.05, 0.1) is 19.0 Å². The maximum Gasteiger partial charge on any atom is 0.327 e. The minimum Gasteiger partial charge on any atom is -0.468 e. The summed E-state index contributed by atoms with van der Waals surface area (Å²) >= 11 is 3.23. The minimum absolute atomic E-state index is 0.204. The van der Waals surface area contributed by atoms with Gasteiger partial charge in [-0.1, -0.05) is 6.92 Å². The van der Waals surface area contributed by atoms with Gasteiger partial charge < -0.3 is 15.4 Å². The van der Waals surface area contributed by atoms with Crippen molar-refractivity contribution in [3.8, 4) is 0 Å². The zero-order valence-corrected chi connectivity index (χ0v) is 13.4. The van der Waals surface area contributed by atoms with E-state index in [1.165, 1.54) is 13.3 Å². The van der Waals surface area contributed by atoms with Gasteiger partial charge in [-0.2, -0.15) is 5.10 Å². The van der Waals surface area contributed by atoms with Crippen molar-refractivity contribution < 1.29 is 9.53 Å². The third-order valence-corrected chi connectivity index (χ3v) is 3.45. The fourth-order valence-corrected chi connectivity index (χ4v) is 2.04. The summed E-state index contributed by atoms with van der Waals surface area (Å²) in [5, 5.41) is 10.2. The fraction of sp³-hybridized carbons (Fsp3) is 0.583. The van der Waals surface area contributed by atoms with Crippen molar-refractivity contribution >= 4 is 27.6 Å². The van der Waals surface area contributed by atoms with Crippen molar-refractivity contribution in [3.05, 3.63) is 21.0 Å². The molecule has 20 heavy (non-hydrogen) atoms. The average molecular weight is 347 g/mol. The topological polar surface area (TPSA) is 85.2 Å². The molecule has 2 N–H and O–H groups in total. The van der Waals surface area contributed by atoms with Crippen LogP contribution in [0.25, 0.3) is 0 Å². The van der Waals surface area contributed by atoms with Crippen LogP contribution in [-0.4, -0.2) is 43.0 Å². The number of ether oxygens (including phenoxy) is 1. The number of hydrogen-bond donors (Lipinski definition) is 2. The standard InChI is InChI=1S/C12H19BrN4O3/c1-8(4-14-2)5-15-9-6-16-17(7-10(18)20-3)12(19)11(9)13/h6,8,14-15H,4-5,7H2,1-3H3. The van der Waals surface area contributed by atoms with Crippen LogP contribution in [0.3, 0.4) is 0 Å². The Bertz CT molecular complexity index is 518. The molecule has 112 valence electrons. The van der Waals surface area contributed by atoms with Crippen LogP contribution in [0.2, 0.25) is 0 Å². The van der Waals surface area contributed by atoms with Gasteiger partial charge in [0.15, 0.2) is 0 Å². The van der Waals surface area contributed by atoms with Crippen LogP contribution in [0.5, 0.6) is 0 Å². The molecular formula is C12H19BrN4O3. The molecular weight excluding hydrogens is 328 g/mol. The number of aromatic nitrogens is 2. The number of methoxy groups -OCH3 is 1. The molecule has 1 heterocycles. The van der Waals surface area contributed by atoms with E-state index in [0.717, 1.165) is 11.2 Å². The lowest BCUT2D eigenvalue weighted by Gasteiger charge is -2.14. The van der Waals surface area contributed by atoms with E-state index in [0.29, 0.717) is 22.6 Å². The quantitative estimate of drug-likeness (QED) is 0.697. The summed E-state index contributed by atoms with van der Waals surface area (Å²) in [6.07, 6.45) is 1.51. The Hall–Kier alpha value is -1.41. The molecule has 0 aliphatic heterocycles. The van der Waals surface area contributed by atoms with Crippen LogP contribution in [0.15, 0.2) is 15.5 Å². The van der Waals surface area contributed by atoms with Crippen LogP contribution < -0.4 is 16.2 Å². The summed E-state index contributed by atoms with van der Waals surface area (Å²) in [4.78, 5) is 23.2. The molecule has 0 saturated carbocycles. The summed E-state index contributed by atoms with van der Waals surface area (Å²) in [6.45, 7) is 3.46. The minimum atomic E-state index is -0.519. The van der Waals surface area contributed by atoms with Gasteiger partial charge in [0.1, 0.15) is 11.0 Å². The Morgan fingerprint density at radius 2 is 2.25 bits per heavy atom. The van der Waals surface area contributed by atoms with E-state index in [1.54, 1.807) is 0 Å². The highest BCUT2D eigenvalue weighted by atomic mass is 79.9. The summed E-state index contributed by atoms with van der Waals surface area (Å²) in [7, 11) is 3.16. The average Bonchev–Trinajstić information content (AvgIpc) is 2.43. The smallest absolute Gasteiger partial charge is 0.327 e. The Morgan fingerprint density at radius 1 is 1.55 bits per heavy atom. The molecule has 0 fully saturated rings. The molecule has 1 unspecified atom stereocenters. The highest BCUT2D eigenvalue weighted by Gasteiger charge is 2.12. The Kier molecular flexibility index (Phi) is 6.66. The van der Waals surface area contributed by atoms with Crippen molar-refractivity contribution in [2.24, 2.45) is 5.92 Å². The Labute approximate surface area is 125 Å². The fourth-order valence-electron chi connectivity index (χ4n) is 1.59. The summed E-state index contributed by atoms with van der Waals surface area (Å²) in [6, 6.07) is 0. The maximum atomic E-state index is 12.0. The number of carbonyl (C=O) groups excluding carboxylic acids is 1. The second-order valence-corrected chi connectivity index (χ2v) is 5.25. The molecule has 7 nitrogen and oxygen atoms in total. The van der Waals surface area contributed by atoms with Gasteiger partial charge in [-0.25, -0.2) is 4.68 Å². The third-order valence-electron chi connectivity index (χ3n) is 2.68. The molecule has 0 aromatic carbocycles. The number of carbonyl (C=O) groups is 1. The zero-order valence-electron chi connectivity index (χ0n) is 11.8. The molecule has 0 saturated heterocycles. The van der Waals surface area contributed by atoms with Crippen molar-refractivity contribution in [2.45, 2.75) is 13.5 Å². The van der Waals surface area contributed by atoms with Gasteiger partial charge in [-0.3, -0.25) is 9.59 Å². The van der Waals surface area contributed by atoms with E-state index >= 15 is 0 Å². The predicted octanol–water partition coefficient (Wildman–Crippen LogP) is 0.446. The lowest BCUT2D eigenvalue weighted by atomic mass is 10.2. The van der Waals surface area contributed by atoms with Crippen LogP contribution in [0.4, 0.5) is 5.69 Å². The van der Waals surface area contributed by atoms with Gasteiger partial charge in [-0.15, -0.1) is 0 Å². The number of rotatable bonds is 7. The highest BCUT2D eigenvalue weighted by molar-refractivity contribution is 9.10. The van der Waals surface area contributed by atoms with Crippen molar-refractivity contribution in [1.82, 2.24) is 15.1 Å². The SMILES string of the molecule is CNCC(C)CNc1cnn(CC(=O)OC)c(=O)c1Br. The van der Waals surface area contributed by atoms with E-state index in [2.05, 4.69) is 43.3 Å². The van der Waals surface area contributed by atoms with Gasteiger partial charge >= 0.3 is 5.97 Å². The molecule has 0 radical (unpaired) electrons. The molecule has 0 amide bonds. The second kappa shape index (κ2) is 8.01. The number of hydrogen-bond acceptors (Lipinski definition) is 6. The first-order valence-corrected chi connectivity index (χ1v) is 6.99. The molecule has 1 rings (SSSR count). The van der Waals surface area contributed by atoms with Gasteiger partial charge in [-0.05, 0) is 35.4 Å². The second-order valence-electron chi connectivity index (χ2n) is 4.45. The molecule has 1 atom stereocenters. The summed E-state index contributed by atoms with van der Waals surface area (Å²) in [5.74, 6) is -0.112. The van der Waals surface area contributed by atoms with Gasteiger partial charge in [0.25, 0.3) is 5.56 Å². The largest absolute Gasteiger partial charge is 0.468 e. The van der Waals surface area contributed by atoms with Crippen LogP contribution in [0.1, 0.15) is 6.92 Å². The zero-order chi connectivity index (χ0) is 15.1. The molecule has 0 spiro atoms. The monoisotopic (exact) mass is 346 g/mol. The van der Waals surface area contributed by atoms with Crippen molar-refractivity contribution in [1.29, 1.82) is 0 Å². The van der Waals surface area contributed by atoms with E-state index in [-0.39, 0.29) is 12.1 Å². The molecule has 8 heteroatoms. The maximum absolute atomic E-state index is 12.0. The molecule has 1 aromatic heterocycles. The Morgan fingerprint density at radius 3 is 2.85 bits per heavy atom. The summed E-state index contributed by atoms with van der Waals surface area (Å²) in [5.41, 5.74) is 0.237. The van der Waals surface area contributed by atoms with Crippen LogP contribution in [0, 0.1) is 5.92 Å². The number of esters is 1. The molecule has 0 bridgehead atoms. The van der Waals surface area contributed by atoms with Crippen LogP contribution >= 0.6 is 15.9 Å². The van der Waals surface area contributed by atoms with E-state index in [9.17, 15) is 9.59 Å². The normalized spacial score (nSPS) is 12.0. The van der Waals surface area contributed by atoms with Crippen LogP contribution in [-0.2, 0) is 16.1 Å². The lowest BCUT2D eigenvalue weighted by Crippen LogP contribution is -2.29. The first-order valence-electron chi connectivity index (χ1n) is 6.20. The van der Waals surface area contributed by atoms with Gasteiger partial charge in [0.2, 0.25) is 0 Å². The molecule has 1 aromatic rings. The van der Waals surface area contributed by atoms with Gasteiger partial charge in [0, 0.05) is 6.54 Å².